The van der Waals surface area contributed by atoms with Gasteiger partial charge in [-0.05, 0) is 6.07 Å². The molecule has 2 bridgehead atoms. The van der Waals surface area contributed by atoms with Crippen LogP contribution in [0.3, 0.4) is 0 Å². The van der Waals surface area contributed by atoms with E-state index in [1.807, 2.05) is 0 Å². The number of anilines is 2. The fourth-order valence-corrected chi connectivity index (χ4v) is 7.54. The first-order valence-corrected chi connectivity index (χ1v) is 16.5. The van der Waals surface area contributed by atoms with Crippen molar-refractivity contribution < 1.29 is 56.3 Å². The van der Waals surface area contributed by atoms with Crippen molar-refractivity contribution in [2.75, 3.05) is 31.8 Å². The molecule has 0 aliphatic carbocycles. The zero-order valence-electron chi connectivity index (χ0n) is 23.5. The SMILES string of the molecule is CO[C@H]1[C@H]2OP(=O)(O)OC[C@H]3O[C@@H](n4cnc5c(N)ccnc54)[C@H](O)[C@@H]3OP(=O)(O)OC[C@H]1O[C@H]2n1cnc2c(=O)[nH]c(N)nc21. The van der Waals surface area contributed by atoms with E-state index in [-0.39, 0.29) is 22.8 Å². The normalized spacial score (nSPS) is 37.1. The van der Waals surface area contributed by atoms with E-state index in [1.165, 1.54) is 34.8 Å². The quantitative estimate of drug-likeness (QED) is 0.139. The van der Waals surface area contributed by atoms with Crippen LogP contribution < -0.4 is 17.0 Å². The average molecular weight is 687 g/mol. The number of aliphatic hydroxyl groups excluding tert-OH is 1. The van der Waals surface area contributed by atoms with Crippen molar-refractivity contribution in [1.29, 1.82) is 0 Å². The van der Waals surface area contributed by atoms with Gasteiger partial charge in [0.05, 0.1) is 31.6 Å². The second-order valence-corrected chi connectivity index (χ2v) is 13.3. The number of nitrogens with two attached hydrogens (primary N) is 2. The molecule has 8 N–H and O–H groups in total. The molecule has 4 aromatic heterocycles. The molecule has 7 rings (SSSR count). The molecule has 24 heteroatoms. The number of nitrogens with zero attached hydrogens (tertiary/aromatic N) is 6. The Balaban J connectivity index is 1.22. The smallest absolute Gasteiger partial charge is 0.397 e. The van der Waals surface area contributed by atoms with E-state index >= 15 is 0 Å². The van der Waals surface area contributed by atoms with Gasteiger partial charge in [0.15, 0.2) is 29.3 Å². The maximum atomic E-state index is 13.4. The summed E-state index contributed by atoms with van der Waals surface area (Å²) in [4.78, 5) is 52.7. The number of hydrogen-bond donors (Lipinski definition) is 6. The number of aromatic nitrogens is 7. The Labute approximate surface area is 256 Å². The topological polar surface area (TPSA) is 306 Å². The Morgan fingerprint density at radius 3 is 2.28 bits per heavy atom. The van der Waals surface area contributed by atoms with E-state index in [9.17, 15) is 28.8 Å². The highest BCUT2D eigenvalue weighted by Gasteiger charge is 2.54. The first-order valence-electron chi connectivity index (χ1n) is 13.5. The number of ether oxygens (including phenoxy) is 3. The summed E-state index contributed by atoms with van der Waals surface area (Å²) in [5.74, 6) is -0.246. The van der Waals surface area contributed by atoms with Crippen molar-refractivity contribution >= 4 is 49.6 Å². The van der Waals surface area contributed by atoms with Gasteiger partial charge in [0.25, 0.3) is 5.56 Å². The summed E-state index contributed by atoms with van der Waals surface area (Å²) in [5.41, 5.74) is 11.6. The van der Waals surface area contributed by atoms with Gasteiger partial charge in [-0.1, -0.05) is 0 Å². The van der Waals surface area contributed by atoms with Gasteiger partial charge in [-0.3, -0.25) is 37.0 Å². The Kier molecular flexibility index (Phi) is 7.74. The largest absolute Gasteiger partial charge is 0.472 e. The highest BCUT2D eigenvalue weighted by Crippen LogP contribution is 2.54. The molecule has 4 aromatic rings. The summed E-state index contributed by atoms with van der Waals surface area (Å²) < 4.78 is 67.9. The van der Waals surface area contributed by atoms with Crippen LogP contribution in [-0.2, 0) is 41.4 Å². The van der Waals surface area contributed by atoms with Crippen LogP contribution in [0, 0.1) is 0 Å². The van der Waals surface area contributed by atoms with Gasteiger partial charge in [-0.15, -0.1) is 0 Å². The van der Waals surface area contributed by atoms with Gasteiger partial charge in [0.2, 0.25) is 5.95 Å². The minimum absolute atomic E-state index is 0.0623. The van der Waals surface area contributed by atoms with E-state index in [4.69, 9.17) is 43.8 Å². The Hall–Kier alpha value is -3.37. The average Bonchev–Trinajstić information content (AvgIpc) is 3.75. The number of H-pyrrole nitrogens is 1. The third-order valence-corrected chi connectivity index (χ3v) is 9.64. The summed E-state index contributed by atoms with van der Waals surface area (Å²) in [6.45, 7) is -1.45. The number of phosphoric acid groups is 2. The fraction of sp³-hybridized carbons (Fsp3) is 0.500. The number of methoxy groups -OCH3 is 1. The molecule has 22 nitrogen and oxygen atoms in total. The highest BCUT2D eigenvalue weighted by atomic mass is 31.2. The number of pyridine rings is 1. The molecule has 3 saturated heterocycles. The van der Waals surface area contributed by atoms with E-state index in [0.29, 0.717) is 11.2 Å². The fourth-order valence-electron chi connectivity index (χ4n) is 5.65. The second kappa shape index (κ2) is 11.4. The minimum atomic E-state index is -5.04. The van der Waals surface area contributed by atoms with Crippen molar-refractivity contribution in [2.45, 2.75) is 49.1 Å². The second-order valence-electron chi connectivity index (χ2n) is 10.5. The first-order chi connectivity index (χ1) is 21.9. The number of rotatable bonds is 3. The van der Waals surface area contributed by atoms with Crippen LogP contribution in [0.4, 0.5) is 11.6 Å². The van der Waals surface area contributed by atoms with Crippen molar-refractivity contribution in [2.24, 2.45) is 0 Å². The third kappa shape index (κ3) is 5.41. The predicted octanol–water partition coefficient (Wildman–Crippen LogP) is -1.08. The van der Waals surface area contributed by atoms with Crippen LogP contribution in [0.2, 0.25) is 0 Å². The van der Waals surface area contributed by atoms with Gasteiger partial charge < -0.3 is 40.6 Å². The molecule has 3 aliphatic heterocycles. The van der Waals surface area contributed by atoms with Crippen LogP contribution in [-0.4, -0.2) is 106 Å². The van der Waals surface area contributed by atoms with Crippen molar-refractivity contribution in [3.63, 3.8) is 0 Å². The molecule has 46 heavy (non-hydrogen) atoms. The number of imidazole rings is 2. The lowest BCUT2D eigenvalue weighted by Crippen LogP contribution is -2.37. The summed E-state index contributed by atoms with van der Waals surface area (Å²) in [7, 11) is -8.81. The molecule has 3 aliphatic rings. The molecule has 0 radical (unpaired) electrons. The molecule has 0 spiro atoms. The minimum Gasteiger partial charge on any atom is -0.397 e. The standard InChI is InChI=1S/C22H27N9O13P2/c1-38-15-10-5-40-45(34,35)43-14-9(41-20(13(14)32)30-6-26-11-8(23)2-3-25-17(11)30)4-39-46(36,37)44-16(15)21(42-10)31-7-27-12-18(31)28-22(24)29-19(12)33/h2-3,6-7,9-10,13-16,20-21,32H,4-5H2,1H3,(H2,23,25)(H,34,35)(H,36,37)(H3,24,28,29,33)/t9-,10-,13-,14-,15-,16-,20-,21-/m1/s1. The molecule has 0 saturated carbocycles. The zero-order chi connectivity index (χ0) is 32.5. The molecule has 248 valence electrons. The van der Waals surface area contributed by atoms with Crippen LogP contribution >= 0.6 is 15.6 Å². The van der Waals surface area contributed by atoms with E-state index < -0.39 is 83.5 Å². The molecule has 2 unspecified atom stereocenters. The van der Waals surface area contributed by atoms with Crippen molar-refractivity contribution in [3.05, 3.63) is 35.3 Å². The Morgan fingerprint density at radius 2 is 1.57 bits per heavy atom. The lowest BCUT2D eigenvalue weighted by Gasteiger charge is -2.26. The van der Waals surface area contributed by atoms with E-state index in [1.54, 1.807) is 0 Å². The molecular weight excluding hydrogens is 660 g/mol. The molecular formula is C22H27N9O13P2. The molecule has 0 aromatic carbocycles. The van der Waals surface area contributed by atoms with Crippen LogP contribution in [0.25, 0.3) is 22.3 Å². The van der Waals surface area contributed by atoms with Crippen LogP contribution in [0.15, 0.2) is 29.7 Å². The zero-order valence-corrected chi connectivity index (χ0v) is 25.3. The molecule has 3 fully saturated rings. The van der Waals surface area contributed by atoms with Crippen molar-refractivity contribution in [3.8, 4) is 0 Å². The summed E-state index contributed by atoms with van der Waals surface area (Å²) >= 11 is 0. The Bertz CT molecular complexity index is 1950. The van der Waals surface area contributed by atoms with E-state index in [2.05, 4.69) is 24.9 Å². The van der Waals surface area contributed by atoms with Gasteiger partial charge >= 0.3 is 15.6 Å². The Morgan fingerprint density at radius 1 is 0.935 bits per heavy atom. The number of fused-ring (bicyclic) bond motifs is 5. The number of nitrogen functional groups attached to an aromatic ring is 2. The van der Waals surface area contributed by atoms with Gasteiger partial charge in [-0.2, -0.15) is 4.98 Å². The monoisotopic (exact) mass is 687 g/mol. The van der Waals surface area contributed by atoms with Crippen LogP contribution in [0.1, 0.15) is 12.5 Å². The highest BCUT2D eigenvalue weighted by molar-refractivity contribution is 7.47. The molecule has 10 atom stereocenters. The van der Waals surface area contributed by atoms with Gasteiger partial charge in [0.1, 0.15) is 42.1 Å². The van der Waals surface area contributed by atoms with E-state index in [0.717, 1.165) is 6.33 Å². The molecule has 0 amide bonds. The number of nitrogens with one attached hydrogen (secondary N) is 1. The van der Waals surface area contributed by atoms with Crippen LogP contribution in [0.5, 0.6) is 0 Å². The summed E-state index contributed by atoms with van der Waals surface area (Å²) in [6.07, 6.45) is -7.46. The third-order valence-electron chi connectivity index (χ3n) is 7.67. The lowest BCUT2D eigenvalue weighted by molar-refractivity contribution is -0.0673. The maximum absolute atomic E-state index is 13.4. The number of aromatic amines is 1. The van der Waals surface area contributed by atoms with Gasteiger partial charge in [-0.25, -0.2) is 24.1 Å². The predicted molar refractivity (Wildman–Crippen MR) is 150 cm³/mol. The number of aliphatic hydroxyl groups is 1. The summed E-state index contributed by atoms with van der Waals surface area (Å²) in [6, 6.07) is 1.52. The molecule has 7 heterocycles. The number of phosphoric ester groups is 2. The maximum Gasteiger partial charge on any atom is 0.472 e. The summed E-state index contributed by atoms with van der Waals surface area (Å²) in [5, 5.41) is 11.2. The van der Waals surface area contributed by atoms with Crippen molar-refractivity contribution in [1.82, 2.24) is 34.1 Å². The van der Waals surface area contributed by atoms with Gasteiger partial charge in [0, 0.05) is 13.3 Å². The lowest BCUT2D eigenvalue weighted by atomic mass is 10.1. The first kappa shape index (κ1) is 31.2. The number of hydrogen-bond acceptors (Lipinski definition) is 17.